The Bertz CT molecular complexity index is 3780. The average molecular weight is 987 g/mol. The highest BCUT2D eigenvalue weighted by atomic mass is 15.1. The van der Waals surface area contributed by atoms with Crippen molar-refractivity contribution in [2.75, 3.05) is 0 Å². The van der Waals surface area contributed by atoms with Crippen LogP contribution in [0.2, 0.25) is 0 Å². The molecule has 3 heterocycles. The van der Waals surface area contributed by atoms with Crippen LogP contribution in [0.4, 0.5) is 0 Å². The van der Waals surface area contributed by atoms with Gasteiger partial charge in [0.05, 0.1) is 44.5 Å². The second kappa shape index (κ2) is 19.8. The predicted molar refractivity (Wildman–Crippen MR) is 318 cm³/mol. The molecular weight excluding hydrogens is 925 g/mol. The molecule has 0 saturated heterocycles. The van der Waals surface area contributed by atoms with Gasteiger partial charge >= 0.3 is 0 Å². The molecule has 6 heteroatoms. The van der Waals surface area contributed by atoms with Crippen LogP contribution in [0.25, 0.3) is 112 Å². The Morgan fingerprint density at radius 1 is 0.263 bits per heavy atom. The van der Waals surface area contributed by atoms with Crippen molar-refractivity contribution in [3.63, 3.8) is 0 Å². The molecule has 0 atom stereocenters. The number of benzene rings is 9. The van der Waals surface area contributed by atoms with Crippen molar-refractivity contribution in [1.82, 2.24) is 29.1 Å². The quantitative estimate of drug-likeness (QED) is 0.122. The molecule has 0 fully saturated rings. The van der Waals surface area contributed by atoms with E-state index in [-0.39, 0.29) is 0 Å². The third kappa shape index (κ3) is 8.87. The number of aromatic nitrogens is 6. The standard InChI is InChI=1S/C70H62N6/c1-43(2)57-39-63-65(41-59(57)45(5)6)75(55-17-11-9-12-18-55)69(73-63)53-35-27-49(28-36-53)47-23-31-51(32-24-47)67-68(72-62-22-16-15-21-61(62)71-67)52-33-25-48(26-34-52)50-29-37-54(38-30-50)70-74-64-40-58(44(3)4)60(46(7)8)42-66(64)76(70)56-19-13-10-14-20-56/h9-46H,1-8H3. The SMILES string of the molecule is CC(C)c1cc2nc(-c3ccc(-c4ccc(-c5nc6ccccc6nc5-c5ccc(-c6ccc(-c7nc8cc(C(C)C)c(C(C)C)cc8n7-c7ccccc7)cc6)cc5)cc4)cc3)n(-c3ccccc3)c2cc1C(C)C. The van der Waals surface area contributed by atoms with E-state index >= 15 is 0 Å². The Morgan fingerprint density at radius 2 is 0.539 bits per heavy atom. The van der Waals surface area contributed by atoms with Crippen molar-refractivity contribution < 1.29 is 0 Å². The molecule has 0 amide bonds. The lowest BCUT2D eigenvalue weighted by Crippen LogP contribution is -2.01. The lowest BCUT2D eigenvalue weighted by molar-refractivity contribution is 0.792. The molecule has 0 radical (unpaired) electrons. The van der Waals surface area contributed by atoms with Crippen molar-refractivity contribution in [2.24, 2.45) is 0 Å². The van der Waals surface area contributed by atoms with Crippen LogP contribution >= 0.6 is 0 Å². The highest BCUT2D eigenvalue weighted by molar-refractivity contribution is 5.89. The van der Waals surface area contributed by atoms with Gasteiger partial charge in [0.15, 0.2) is 0 Å². The van der Waals surface area contributed by atoms with Crippen molar-refractivity contribution in [1.29, 1.82) is 0 Å². The molecule has 0 unspecified atom stereocenters. The molecule has 76 heavy (non-hydrogen) atoms. The molecule has 12 rings (SSSR count). The summed E-state index contributed by atoms with van der Waals surface area (Å²) in [5, 5.41) is 0. The molecule has 0 N–H and O–H groups in total. The van der Waals surface area contributed by atoms with E-state index in [1.54, 1.807) is 0 Å². The number of fused-ring (bicyclic) bond motifs is 3. The van der Waals surface area contributed by atoms with E-state index in [1.165, 1.54) is 22.3 Å². The van der Waals surface area contributed by atoms with Gasteiger partial charge in [-0.05, 0) is 129 Å². The van der Waals surface area contributed by atoms with E-state index < -0.39 is 0 Å². The van der Waals surface area contributed by atoms with E-state index in [2.05, 4.69) is 247 Å². The van der Waals surface area contributed by atoms with Gasteiger partial charge in [0.1, 0.15) is 11.6 Å². The minimum absolute atomic E-state index is 0.404. The number of hydrogen-bond donors (Lipinski definition) is 0. The second-order valence-corrected chi connectivity index (χ2v) is 21.5. The number of hydrogen-bond acceptors (Lipinski definition) is 4. The van der Waals surface area contributed by atoms with Gasteiger partial charge < -0.3 is 0 Å². The molecule has 6 nitrogen and oxygen atoms in total. The summed E-state index contributed by atoms with van der Waals surface area (Å²) in [5.74, 6) is 3.49. The molecule has 372 valence electrons. The number of rotatable bonds is 12. The molecule has 0 bridgehead atoms. The van der Waals surface area contributed by atoms with Gasteiger partial charge in [0, 0.05) is 33.6 Å². The van der Waals surface area contributed by atoms with Crippen LogP contribution in [0.1, 0.15) is 101 Å². The van der Waals surface area contributed by atoms with Crippen LogP contribution in [-0.2, 0) is 0 Å². The topological polar surface area (TPSA) is 61.4 Å². The fourth-order valence-electron chi connectivity index (χ4n) is 11.0. The maximum Gasteiger partial charge on any atom is 0.145 e. The van der Waals surface area contributed by atoms with Gasteiger partial charge in [-0.3, -0.25) is 9.13 Å². The Balaban J connectivity index is 0.844. The fourth-order valence-corrected chi connectivity index (χ4v) is 11.0. The Morgan fingerprint density at radius 3 is 0.855 bits per heavy atom. The number of imidazole rings is 2. The van der Waals surface area contributed by atoms with E-state index in [4.69, 9.17) is 19.9 Å². The zero-order valence-electron chi connectivity index (χ0n) is 44.6. The first kappa shape index (κ1) is 48.2. The maximum atomic E-state index is 5.32. The Kier molecular flexibility index (Phi) is 12.6. The maximum absolute atomic E-state index is 5.32. The third-order valence-corrected chi connectivity index (χ3v) is 15.1. The van der Waals surface area contributed by atoms with Crippen LogP contribution in [0, 0.1) is 0 Å². The summed E-state index contributed by atoms with van der Waals surface area (Å²) < 4.78 is 4.63. The van der Waals surface area contributed by atoms with Gasteiger partial charge in [0.25, 0.3) is 0 Å². The Hall–Kier alpha value is -8.74. The first-order chi connectivity index (χ1) is 37.0. The third-order valence-electron chi connectivity index (χ3n) is 15.1. The van der Waals surface area contributed by atoms with Crippen LogP contribution in [0.3, 0.4) is 0 Å². The molecule has 0 aliphatic carbocycles. The number of nitrogens with zero attached hydrogens (tertiary/aromatic N) is 6. The summed E-state index contributed by atoms with van der Waals surface area (Å²) >= 11 is 0. The predicted octanol–water partition coefficient (Wildman–Crippen LogP) is 18.8. The normalized spacial score (nSPS) is 11.9. The molecule has 0 aliphatic heterocycles. The van der Waals surface area contributed by atoms with Crippen LogP contribution in [-0.4, -0.2) is 29.1 Å². The average Bonchev–Trinajstić information content (AvgIpc) is 4.03. The summed E-state index contributed by atoms with van der Waals surface area (Å²) in [6.45, 7) is 18.2. The van der Waals surface area contributed by atoms with Crippen molar-refractivity contribution in [2.45, 2.75) is 79.1 Å². The van der Waals surface area contributed by atoms with Gasteiger partial charge in [-0.1, -0.05) is 201 Å². The summed E-state index contributed by atoms with van der Waals surface area (Å²) in [4.78, 5) is 21.2. The first-order valence-electron chi connectivity index (χ1n) is 26.9. The molecule has 9 aromatic carbocycles. The van der Waals surface area contributed by atoms with Crippen LogP contribution < -0.4 is 0 Å². The summed E-state index contributed by atoms with van der Waals surface area (Å²) in [6, 6.07) is 73.8. The number of para-hydroxylation sites is 4. The van der Waals surface area contributed by atoms with E-state index in [1.807, 2.05) is 24.3 Å². The molecule has 0 saturated carbocycles. The molecular formula is C70H62N6. The zero-order chi connectivity index (χ0) is 52.2. The minimum atomic E-state index is 0.404. The van der Waals surface area contributed by atoms with Crippen LogP contribution in [0.5, 0.6) is 0 Å². The van der Waals surface area contributed by atoms with Crippen molar-refractivity contribution in [3.8, 4) is 78.9 Å². The zero-order valence-corrected chi connectivity index (χ0v) is 44.6. The Labute approximate surface area is 446 Å². The molecule has 0 spiro atoms. The summed E-state index contributed by atoms with van der Waals surface area (Å²) in [5.41, 5.74) is 24.0. The fraction of sp³-hybridized carbons (Fsp3) is 0.171. The monoisotopic (exact) mass is 987 g/mol. The lowest BCUT2D eigenvalue weighted by atomic mass is 9.90. The van der Waals surface area contributed by atoms with Gasteiger partial charge in [-0.25, -0.2) is 19.9 Å². The van der Waals surface area contributed by atoms with Gasteiger partial charge in [-0.2, -0.15) is 0 Å². The highest BCUT2D eigenvalue weighted by Gasteiger charge is 2.22. The highest BCUT2D eigenvalue weighted by Crippen LogP contribution is 2.39. The van der Waals surface area contributed by atoms with Gasteiger partial charge in [-0.15, -0.1) is 0 Å². The smallest absolute Gasteiger partial charge is 0.145 e. The van der Waals surface area contributed by atoms with Gasteiger partial charge in [0.2, 0.25) is 0 Å². The van der Waals surface area contributed by atoms with E-state index in [0.717, 1.165) is 112 Å². The lowest BCUT2D eigenvalue weighted by Gasteiger charge is -2.17. The molecule has 3 aromatic heterocycles. The van der Waals surface area contributed by atoms with Crippen molar-refractivity contribution in [3.05, 3.63) is 229 Å². The largest absolute Gasteiger partial charge is 0.292 e. The van der Waals surface area contributed by atoms with E-state index in [0.29, 0.717) is 23.7 Å². The summed E-state index contributed by atoms with van der Waals surface area (Å²) in [6.07, 6.45) is 0. The van der Waals surface area contributed by atoms with Crippen LogP contribution in [0.15, 0.2) is 206 Å². The van der Waals surface area contributed by atoms with Crippen molar-refractivity contribution >= 4 is 33.1 Å². The first-order valence-corrected chi connectivity index (χ1v) is 26.9. The molecule has 12 aromatic rings. The summed E-state index contributed by atoms with van der Waals surface area (Å²) in [7, 11) is 0. The minimum Gasteiger partial charge on any atom is -0.292 e. The second-order valence-electron chi connectivity index (χ2n) is 21.5. The van der Waals surface area contributed by atoms with E-state index in [9.17, 15) is 0 Å². The molecule has 0 aliphatic rings.